The lowest BCUT2D eigenvalue weighted by Gasteiger charge is -2.31. The van der Waals surface area contributed by atoms with Gasteiger partial charge in [-0.2, -0.15) is 0 Å². The Labute approximate surface area is 121 Å². The van der Waals surface area contributed by atoms with Gasteiger partial charge in [-0.05, 0) is 51.0 Å². The first kappa shape index (κ1) is 15.4. The number of rotatable bonds is 7. The second kappa shape index (κ2) is 8.32. The quantitative estimate of drug-likeness (QED) is 0.778. The van der Waals surface area contributed by atoms with Crippen LogP contribution in [0, 0.1) is 5.82 Å². The van der Waals surface area contributed by atoms with Gasteiger partial charge in [-0.1, -0.05) is 19.3 Å². The van der Waals surface area contributed by atoms with Gasteiger partial charge in [0.25, 0.3) is 0 Å². The molecule has 1 aromatic rings. The molecule has 1 saturated carbocycles. The van der Waals surface area contributed by atoms with Crippen LogP contribution in [0.15, 0.2) is 18.5 Å². The molecule has 0 saturated heterocycles. The van der Waals surface area contributed by atoms with Gasteiger partial charge in [0.05, 0.1) is 6.20 Å². The Bertz CT molecular complexity index is 391. The molecule has 112 valence electrons. The smallest absolute Gasteiger partial charge is 0.141 e. The fourth-order valence-corrected chi connectivity index (χ4v) is 2.94. The average molecular weight is 279 g/mol. The van der Waals surface area contributed by atoms with Crippen LogP contribution < -0.4 is 5.32 Å². The Kier molecular flexibility index (Phi) is 6.40. The molecule has 0 amide bonds. The fourth-order valence-electron chi connectivity index (χ4n) is 2.94. The lowest BCUT2D eigenvalue weighted by Crippen LogP contribution is -2.35. The molecule has 1 aliphatic rings. The van der Waals surface area contributed by atoms with E-state index in [2.05, 4.69) is 22.2 Å². The Morgan fingerprint density at radius 1 is 1.30 bits per heavy atom. The molecule has 0 aromatic carbocycles. The number of nitrogens with one attached hydrogen (secondary N) is 1. The maximum atomic E-state index is 13.0. The van der Waals surface area contributed by atoms with Gasteiger partial charge in [0.15, 0.2) is 0 Å². The zero-order chi connectivity index (χ0) is 14.2. The molecular formula is C16H26FN3. The third-order valence-electron chi connectivity index (χ3n) is 4.15. The lowest BCUT2D eigenvalue weighted by atomic mass is 9.94. The van der Waals surface area contributed by atoms with Gasteiger partial charge < -0.3 is 10.2 Å². The third kappa shape index (κ3) is 5.17. The first-order valence-corrected chi connectivity index (χ1v) is 7.76. The molecule has 3 nitrogen and oxygen atoms in total. The molecule has 1 fully saturated rings. The summed E-state index contributed by atoms with van der Waals surface area (Å²) < 4.78 is 13.0. The van der Waals surface area contributed by atoms with Gasteiger partial charge in [0.1, 0.15) is 5.82 Å². The summed E-state index contributed by atoms with van der Waals surface area (Å²) >= 11 is 0. The van der Waals surface area contributed by atoms with Crippen molar-refractivity contribution in [2.45, 2.75) is 51.1 Å². The van der Waals surface area contributed by atoms with Crippen molar-refractivity contribution >= 4 is 0 Å². The van der Waals surface area contributed by atoms with E-state index in [1.807, 2.05) is 0 Å². The maximum Gasteiger partial charge on any atom is 0.141 e. The molecule has 1 aromatic heterocycles. The van der Waals surface area contributed by atoms with Crippen molar-refractivity contribution in [1.82, 2.24) is 15.2 Å². The normalized spacial score (nSPS) is 16.8. The number of pyridine rings is 1. The Hall–Kier alpha value is -1.00. The summed E-state index contributed by atoms with van der Waals surface area (Å²) in [5.41, 5.74) is 0.908. The van der Waals surface area contributed by atoms with E-state index in [-0.39, 0.29) is 5.82 Å². The fraction of sp³-hybridized carbons (Fsp3) is 0.688. The molecule has 0 unspecified atom stereocenters. The zero-order valence-electron chi connectivity index (χ0n) is 12.4. The van der Waals surface area contributed by atoms with Crippen LogP contribution in [0.4, 0.5) is 4.39 Å². The molecule has 1 N–H and O–H groups in total. The molecule has 0 bridgehead atoms. The van der Waals surface area contributed by atoms with Crippen molar-refractivity contribution in [3.05, 3.63) is 29.8 Å². The number of hydrogen-bond acceptors (Lipinski definition) is 3. The van der Waals surface area contributed by atoms with Crippen molar-refractivity contribution in [3.8, 4) is 0 Å². The van der Waals surface area contributed by atoms with Gasteiger partial charge in [0, 0.05) is 18.8 Å². The molecule has 1 aliphatic carbocycles. The van der Waals surface area contributed by atoms with Gasteiger partial charge >= 0.3 is 0 Å². The van der Waals surface area contributed by atoms with E-state index in [1.165, 1.54) is 44.4 Å². The number of aromatic nitrogens is 1. The first-order chi connectivity index (χ1) is 9.75. The molecule has 4 heteroatoms. The summed E-state index contributed by atoms with van der Waals surface area (Å²) in [6, 6.07) is 2.32. The molecule has 20 heavy (non-hydrogen) atoms. The van der Waals surface area contributed by atoms with E-state index in [4.69, 9.17) is 0 Å². The number of nitrogens with zero attached hydrogens (tertiary/aromatic N) is 2. The largest absolute Gasteiger partial charge is 0.313 e. The zero-order valence-corrected chi connectivity index (χ0v) is 12.4. The lowest BCUT2D eigenvalue weighted by molar-refractivity contribution is 0.189. The van der Waals surface area contributed by atoms with Gasteiger partial charge in [-0.15, -0.1) is 0 Å². The highest BCUT2D eigenvalue weighted by Crippen LogP contribution is 2.21. The van der Waals surface area contributed by atoms with E-state index in [1.54, 1.807) is 6.20 Å². The Morgan fingerprint density at radius 3 is 2.85 bits per heavy atom. The van der Waals surface area contributed by atoms with E-state index < -0.39 is 0 Å². The molecule has 0 spiro atoms. The van der Waals surface area contributed by atoms with Crippen LogP contribution in [0.2, 0.25) is 0 Å². The minimum Gasteiger partial charge on any atom is -0.313 e. The minimum atomic E-state index is -0.263. The van der Waals surface area contributed by atoms with E-state index in [0.29, 0.717) is 6.54 Å². The van der Waals surface area contributed by atoms with E-state index in [9.17, 15) is 4.39 Å². The second-order valence-electron chi connectivity index (χ2n) is 5.81. The van der Waals surface area contributed by atoms with Crippen LogP contribution in [-0.2, 0) is 6.54 Å². The summed E-state index contributed by atoms with van der Waals surface area (Å²) in [4.78, 5) is 6.35. The van der Waals surface area contributed by atoms with Gasteiger partial charge in [-0.3, -0.25) is 4.98 Å². The van der Waals surface area contributed by atoms with Gasteiger partial charge in [-0.25, -0.2) is 4.39 Å². The average Bonchev–Trinajstić information content (AvgIpc) is 2.48. The van der Waals surface area contributed by atoms with Crippen LogP contribution in [0.3, 0.4) is 0 Å². The SMILES string of the molecule is CN(CCCNCc1cncc(F)c1)C1CCCCC1. The van der Waals surface area contributed by atoms with Gasteiger partial charge in [0.2, 0.25) is 0 Å². The molecule has 0 radical (unpaired) electrons. The van der Waals surface area contributed by atoms with Crippen molar-refractivity contribution < 1.29 is 4.39 Å². The van der Waals surface area contributed by atoms with Crippen LogP contribution in [0.5, 0.6) is 0 Å². The van der Waals surface area contributed by atoms with Crippen molar-refractivity contribution in [3.63, 3.8) is 0 Å². The second-order valence-corrected chi connectivity index (χ2v) is 5.81. The standard InChI is InChI=1S/C16H26FN3/c1-20(16-6-3-2-4-7-16)9-5-8-18-11-14-10-15(17)13-19-12-14/h10,12-13,16,18H,2-9,11H2,1H3. The highest BCUT2D eigenvalue weighted by molar-refractivity contribution is 5.09. The molecule has 0 aliphatic heterocycles. The van der Waals surface area contributed by atoms with E-state index >= 15 is 0 Å². The summed E-state index contributed by atoms with van der Waals surface area (Å²) in [5, 5.41) is 3.35. The van der Waals surface area contributed by atoms with Crippen LogP contribution in [0.1, 0.15) is 44.1 Å². The molecular weight excluding hydrogens is 253 g/mol. The Balaban J connectivity index is 1.57. The minimum absolute atomic E-state index is 0.263. The first-order valence-electron chi connectivity index (χ1n) is 7.76. The Morgan fingerprint density at radius 2 is 2.10 bits per heavy atom. The van der Waals surface area contributed by atoms with Crippen molar-refractivity contribution in [1.29, 1.82) is 0 Å². The third-order valence-corrected chi connectivity index (χ3v) is 4.15. The van der Waals surface area contributed by atoms with Crippen molar-refractivity contribution in [2.24, 2.45) is 0 Å². The van der Waals surface area contributed by atoms with Crippen molar-refractivity contribution in [2.75, 3.05) is 20.1 Å². The summed E-state index contributed by atoms with van der Waals surface area (Å²) in [5.74, 6) is -0.263. The topological polar surface area (TPSA) is 28.2 Å². The highest BCUT2D eigenvalue weighted by atomic mass is 19.1. The number of hydrogen-bond donors (Lipinski definition) is 1. The summed E-state index contributed by atoms with van der Waals surface area (Å²) in [6.07, 6.45) is 11.0. The summed E-state index contributed by atoms with van der Waals surface area (Å²) in [6.45, 7) is 2.80. The molecule has 1 heterocycles. The number of halogens is 1. The molecule has 0 atom stereocenters. The summed E-state index contributed by atoms with van der Waals surface area (Å²) in [7, 11) is 2.24. The molecule has 2 rings (SSSR count). The maximum absolute atomic E-state index is 13.0. The van der Waals surface area contributed by atoms with Crippen LogP contribution >= 0.6 is 0 Å². The van der Waals surface area contributed by atoms with Crippen LogP contribution in [-0.4, -0.2) is 36.1 Å². The predicted octanol–water partition coefficient (Wildman–Crippen LogP) is 2.96. The van der Waals surface area contributed by atoms with Crippen LogP contribution in [0.25, 0.3) is 0 Å². The highest BCUT2D eigenvalue weighted by Gasteiger charge is 2.16. The monoisotopic (exact) mass is 279 g/mol. The predicted molar refractivity (Wildman–Crippen MR) is 80.0 cm³/mol. The van der Waals surface area contributed by atoms with E-state index in [0.717, 1.165) is 31.1 Å².